The number of rotatable bonds is 8. The van der Waals surface area contributed by atoms with Crippen molar-refractivity contribution in [3.8, 4) is 11.3 Å². The number of alkyl halides is 3. The smallest absolute Gasteiger partial charge is 0.416 e. The average Bonchev–Trinajstić information content (AvgIpc) is 3.58. The summed E-state index contributed by atoms with van der Waals surface area (Å²) >= 11 is 1.13. The van der Waals surface area contributed by atoms with Crippen molar-refractivity contribution in [1.29, 1.82) is 0 Å². The molecule has 0 saturated carbocycles. The minimum Gasteiger partial charge on any atom is -0.481 e. The lowest BCUT2D eigenvalue weighted by molar-refractivity contribution is -0.142. The topological polar surface area (TPSA) is 112 Å². The van der Waals surface area contributed by atoms with Gasteiger partial charge in [0.25, 0.3) is 5.91 Å². The molecular weight excluding hydrogens is 576 g/mol. The molecule has 3 aromatic rings. The Kier molecular flexibility index (Phi) is 8.73. The molecule has 42 heavy (non-hydrogen) atoms. The van der Waals surface area contributed by atoms with Gasteiger partial charge in [0.05, 0.1) is 29.6 Å². The van der Waals surface area contributed by atoms with Crippen LogP contribution < -0.4 is 10.2 Å². The molecule has 1 atom stereocenters. The number of amides is 1. The fraction of sp³-hybridized carbons (Fsp3) is 0.464. The van der Waals surface area contributed by atoms with Gasteiger partial charge in [-0.1, -0.05) is 18.3 Å². The number of piperidine rings is 1. The SMILES string of the molecule is CC[C@@H]1CCCN1Cc1sc(NC(=O)c2cnc(N3CCC(C(=O)O)CC3)cn2)nc1-c1cc(F)cc(C(F)(F)F)c1. The molecule has 2 saturated heterocycles. The van der Waals surface area contributed by atoms with Crippen LogP contribution >= 0.6 is 11.3 Å². The van der Waals surface area contributed by atoms with E-state index in [4.69, 9.17) is 0 Å². The van der Waals surface area contributed by atoms with Crippen LogP contribution in [0.15, 0.2) is 30.6 Å². The van der Waals surface area contributed by atoms with E-state index in [0.29, 0.717) is 55.3 Å². The molecule has 0 unspecified atom stereocenters. The van der Waals surface area contributed by atoms with Gasteiger partial charge in [-0.3, -0.25) is 19.8 Å². The van der Waals surface area contributed by atoms with Gasteiger partial charge in [0.15, 0.2) is 5.13 Å². The zero-order chi connectivity index (χ0) is 30.0. The molecular formula is C28H30F4N6O3S. The molecule has 2 N–H and O–H groups in total. The van der Waals surface area contributed by atoms with Crippen LogP contribution in [0, 0.1) is 11.7 Å². The quantitative estimate of drug-likeness (QED) is 0.315. The fourth-order valence-electron chi connectivity index (χ4n) is 5.50. The Morgan fingerprint density at radius 2 is 1.86 bits per heavy atom. The highest BCUT2D eigenvalue weighted by atomic mass is 32.1. The van der Waals surface area contributed by atoms with Gasteiger partial charge >= 0.3 is 12.1 Å². The predicted molar refractivity (Wildman–Crippen MR) is 149 cm³/mol. The highest BCUT2D eigenvalue weighted by Crippen LogP contribution is 2.38. The van der Waals surface area contributed by atoms with E-state index in [9.17, 15) is 32.3 Å². The number of carbonyl (C=O) groups excluding carboxylic acids is 1. The number of likely N-dealkylation sites (tertiary alicyclic amines) is 1. The summed E-state index contributed by atoms with van der Waals surface area (Å²) in [7, 11) is 0. The monoisotopic (exact) mass is 606 g/mol. The zero-order valence-corrected chi connectivity index (χ0v) is 23.6. The Balaban J connectivity index is 1.37. The summed E-state index contributed by atoms with van der Waals surface area (Å²) in [6.07, 6.45) is 1.92. The first kappa shape index (κ1) is 29.8. The number of hydrogen-bond donors (Lipinski definition) is 2. The summed E-state index contributed by atoms with van der Waals surface area (Å²) in [6.45, 7) is 4.33. The van der Waals surface area contributed by atoms with Crippen LogP contribution in [0.25, 0.3) is 11.3 Å². The van der Waals surface area contributed by atoms with Gasteiger partial charge < -0.3 is 10.0 Å². The number of carboxylic acids is 1. The van der Waals surface area contributed by atoms with Crippen molar-refractivity contribution in [3.05, 3.63) is 52.5 Å². The van der Waals surface area contributed by atoms with Gasteiger partial charge in [-0.05, 0) is 56.8 Å². The number of carbonyl (C=O) groups is 2. The van der Waals surface area contributed by atoms with Gasteiger partial charge in [-0.25, -0.2) is 19.3 Å². The van der Waals surface area contributed by atoms with Gasteiger partial charge in [-0.2, -0.15) is 13.2 Å². The number of nitrogens with one attached hydrogen (secondary N) is 1. The molecule has 2 aromatic heterocycles. The summed E-state index contributed by atoms with van der Waals surface area (Å²) in [5.74, 6) is -2.31. The predicted octanol–water partition coefficient (Wildman–Crippen LogP) is 5.69. The lowest BCUT2D eigenvalue weighted by Gasteiger charge is -2.30. The molecule has 9 nitrogen and oxygen atoms in total. The van der Waals surface area contributed by atoms with Gasteiger partial charge in [0.2, 0.25) is 0 Å². The maximum absolute atomic E-state index is 14.3. The molecule has 0 spiro atoms. The fourth-order valence-corrected chi connectivity index (χ4v) is 6.50. The molecule has 224 valence electrons. The maximum atomic E-state index is 14.3. The molecule has 2 aliphatic rings. The van der Waals surface area contributed by atoms with Crippen LogP contribution in [-0.4, -0.2) is 62.5 Å². The molecule has 14 heteroatoms. The second-order valence-electron chi connectivity index (χ2n) is 10.5. The summed E-state index contributed by atoms with van der Waals surface area (Å²) < 4.78 is 54.7. The van der Waals surface area contributed by atoms with Crippen LogP contribution in [0.2, 0.25) is 0 Å². The van der Waals surface area contributed by atoms with Gasteiger partial charge in [0, 0.05) is 36.1 Å². The number of aromatic nitrogens is 3. The first-order valence-corrected chi connectivity index (χ1v) is 14.6. The number of thiazole rings is 1. The van der Waals surface area contributed by atoms with Crippen molar-refractivity contribution in [2.24, 2.45) is 5.92 Å². The van der Waals surface area contributed by atoms with Crippen molar-refractivity contribution in [3.63, 3.8) is 0 Å². The molecule has 5 rings (SSSR count). The van der Waals surface area contributed by atoms with Crippen molar-refractivity contribution in [2.45, 2.75) is 57.8 Å². The Bertz CT molecular complexity index is 1440. The normalized spacial score (nSPS) is 18.4. The molecule has 0 bridgehead atoms. The third kappa shape index (κ3) is 6.70. The second-order valence-corrected chi connectivity index (χ2v) is 11.6. The molecule has 2 aliphatic heterocycles. The van der Waals surface area contributed by atoms with Crippen molar-refractivity contribution >= 4 is 34.2 Å². The highest BCUT2D eigenvalue weighted by molar-refractivity contribution is 7.16. The van der Waals surface area contributed by atoms with E-state index in [2.05, 4.69) is 32.1 Å². The number of carboxylic acid groups (broad SMARTS) is 1. The molecule has 0 radical (unpaired) electrons. The van der Waals surface area contributed by atoms with Crippen molar-refractivity contribution in [1.82, 2.24) is 19.9 Å². The largest absolute Gasteiger partial charge is 0.481 e. The zero-order valence-electron chi connectivity index (χ0n) is 22.8. The minimum absolute atomic E-state index is 0.00757. The number of anilines is 2. The summed E-state index contributed by atoms with van der Waals surface area (Å²) in [5.41, 5.74) is -0.934. The van der Waals surface area contributed by atoms with E-state index in [1.54, 1.807) is 0 Å². The van der Waals surface area contributed by atoms with Crippen molar-refractivity contribution in [2.75, 3.05) is 29.9 Å². The Morgan fingerprint density at radius 1 is 1.10 bits per heavy atom. The lowest BCUT2D eigenvalue weighted by Crippen LogP contribution is -2.36. The number of aliphatic carboxylic acids is 1. The summed E-state index contributed by atoms with van der Waals surface area (Å²) in [4.78, 5) is 41.9. The van der Waals surface area contributed by atoms with E-state index >= 15 is 0 Å². The lowest BCUT2D eigenvalue weighted by atomic mass is 9.97. The van der Waals surface area contributed by atoms with Gasteiger partial charge in [-0.15, -0.1) is 0 Å². The molecule has 2 fully saturated rings. The second kappa shape index (κ2) is 12.3. The molecule has 1 amide bonds. The Labute approximate surface area is 243 Å². The van der Waals surface area contributed by atoms with E-state index in [1.807, 2.05) is 4.90 Å². The minimum atomic E-state index is -4.73. The van der Waals surface area contributed by atoms with Crippen molar-refractivity contribution < 1.29 is 32.3 Å². The summed E-state index contributed by atoms with van der Waals surface area (Å²) in [6, 6.07) is 2.66. The highest BCUT2D eigenvalue weighted by Gasteiger charge is 2.33. The average molecular weight is 607 g/mol. The van der Waals surface area contributed by atoms with E-state index < -0.39 is 35.4 Å². The van der Waals surface area contributed by atoms with E-state index in [0.717, 1.165) is 49.3 Å². The first-order valence-electron chi connectivity index (χ1n) is 13.7. The first-order chi connectivity index (χ1) is 20.0. The van der Waals surface area contributed by atoms with Crippen LogP contribution in [-0.2, 0) is 17.5 Å². The van der Waals surface area contributed by atoms with E-state index in [-0.39, 0.29) is 22.1 Å². The third-order valence-electron chi connectivity index (χ3n) is 7.77. The number of halogens is 4. The standard InChI is InChI=1S/C28H30F4N6O3S/c1-2-20-4-3-7-38(20)15-22-24(17-10-18(28(30,31)32)12-19(29)11-17)35-27(42-22)36-25(39)21-13-34-23(14-33-21)37-8-5-16(6-9-37)26(40)41/h10-14,16,20H,2-9,15H2,1H3,(H,40,41)(H,35,36,39)/t20-/m1/s1. The third-order valence-corrected chi connectivity index (χ3v) is 8.73. The van der Waals surface area contributed by atoms with Crippen LogP contribution in [0.4, 0.5) is 28.5 Å². The Morgan fingerprint density at radius 3 is 2.50 bits per heavy atom. The number of benzene rings is 1. The van der Waals surface area contributed by atoms with Crippen LogP contribution in [0.1, 0.15) is 60.0 Å². The summed E-state index contributed by atoms with van der Waals surface area (Å²) in [5, 5.41) is 12.0. The Hall–Kier alpha value is -3.65. The van der Waals surface area contributed by atoms with Crippen LogP contribution in [0.3, 0.4) is 0 Å². The number of nitrogens with zero attached hydrogens (tertiary/aromatic N) is 5. The molecule has 0 aliphatic carbocycles. The maximum Gasteiger partial charge on any atom is 0.416 e. The van der Waals surface area contributed by atoms with E-state index in [1.165, 1.54) is 12.4 Å². The van der Waals surface area contributed by atoms with Gasteiger partial charge in [0.1, 0.15) is 17.3 Å². The molecule has 1 aromatic carbocycles. The van der Waals surface area contributed by atoms with Crippen LogP contribution in [0.5, 0.6) is 0 Å². The number of hydrogen-bond acceptors (Lipinski definition) is 8. The molecule has 4 heterocycles.